The molecule has 1 aromatic rings. The van der Waals surface area contributed by atoms with Crippen LogP contribution in [0.25, 0.3) is 0 Å². The Morgan fingerprint density at radius 1 is 1.47 bits per heavy atom. The van der Waals surface area contributed by atoms with Crippen LogP contribution in [0.4, 0.5) is 10.1 Å². The summed E-state index contributed by atoms with van der Waals surface area (Å²) in [5.74, 6) is -0.0178. The van der Waals surface area contributed by atoms with Gasteiger partial charge in [-0.25, -0.2) is 4.39 Å². The Kier molecular flexibility index (Phi) is 4.56. The maximum Gasteiger partial charge on any atom is 0.125 e. The fourth-order valence-corrected chi connectivity index (χ4v) is 1.52. The topological polar surface area (TPSA) is 23.5 Å². The highest BCUT2D eigenvalue weighted by atomic mass is 19.1. The summed E-state index contributed by atoms with van der Waals surface area (Å²) in [5, 5.41) is 8.98. The summed E-state index contributed by atoms with van der Waals surface area (Å²) >= 11 is 0. The summed E-state index contributed by atoms with van der Waals surface area (Å²) in [6, 6.07) is 6.55. The highest BCUT2D eigenvalue weighted by Gasteiger charge is 2.09. The van der Waals surface area contributed by atoms with Crippen molar-refractivity contribution in [2.24, 2.45) is 5.92 Å². The van der Waals surface area contributed by atoms with Crippen LogP contribution >= 0.6 is 0 Å². The Bertz CT molecular complexity index is 303. The van der Waals surface area contributed by atoms with Crippen LogP contribution in [0.2, 0.25) is 0 Å². The van der Waals surface area contributed by atoms with Gasteiger partial charge in [-0.15, -0.1) is 0 Å². The van der Waals surface area contributed by atoms with Crippen molar-refractivity contribution in [1.29, 1.82) is 0 Å². The van der Waals surface area contributed by atoms with Gasteiger partial charge in [-0.1, -0.05) is 13.0 Å². The lowest BCUT2D eigenvalue weighted by molar-refractivity contribution is 0.239. The Morgan fingerprint density at radius 3 is 2.73 bits per heavy atom. The molecule has 0 bridgehead atoms. The van der Waals surface area contributed by atoms with E-state index in [1.165, 1.54) is 12.1 Å². The Hall–Kier alpha value is -1.09. The molecule has 0 aliphatic rings. The van der Waals surface area contributed by atoms with Gasteiger partial charge in [0, 0.05) is 25.4 Å². The smallest absolute Gasteiger partial charge is 0.125 e. The zero-order valence-electron chi connectivity index (χ0n) is 9.28. The minimum atomic E-state index is -0.220. The summed E-state index contributed by atoms with van der Waals surface area (Å²) < 4.78 is 13.0. The van der Waals surface area contributed by atoms with E-state index in [1.807, 2.05) is 19.9 Å². The van der Waals surface area contributed by atoms with Crippen molar-refractivity contribution in [1.82, 2.24) is 0 Å². The van der Waals surface area contributed by atoms with Crippen LogP contribution in [0.15, 0.2) is 24.3 Å². The fraction of sp³-hybridized carbons (Fsp3) is 0.500. The Labute approximate surface area is 90.3 Å². The minimum absolute atomic E-state index is 0.159. The van der Waals surface area contributed by atoms with Gasteiger partial charge in [0.05, 0.1) is 0 Å². The van der Waals surface area contributed by atoms with Crippen molar-refractivity contribution in [3.8, 4) is 0 Å². The molecule has 0 aliphatic heterocycles. The molecule has 0 spiro atoms. The standard InChI is InChI=1S/C12H18FNO/c1-3-14(8-10(2)9-15)12-6-4-5-11(13)7-12/h4-7,10,15H,3,8-9H2,1-2H3. The molecule has 0 aliphatic carbocycles. The first kappa shape index (κ1) is 12.0. The first-order chi connectivity index (χ1) is 7.17. The summed E-state index contributed by atoms with van der Waals surface area (Å²) in [7, 11) is 0. The van der Waals surface area contributed by atoms with E-state index in [2.05, 4.69) is 4.90 Å². The van der Waals surface area contributed by atoms with Gasteiger partial charge in [0.1, 0.15) is 5.82 Å². The number of aliphatic hydroxyl groups excluding tert-OH is 1. The molecule has 0 saturated carbocycles. The molecule has 0 heterocycles. The first-order valence-electron chi connectivity index (χ1n) is 5.28. The third kappa shape index (κ3) is 3.51. The predicted octanol–water partition coefficient (Wildman–Crippen LogP) is 2.28. The molecule has 15 heavy (non-hydrogen) atoms. The van der Waals surface area contributed by atoms with Crippen LogP contribution < -0.4 is 4.90 Å². The van der Waals surface area contributed by atoms with E-state index >= 15 is 0 Å². The lowest BCUT2D eigenvalue weighted by atomic mass is 10.1. The number of hydrogen-bond donors (Lipinski definition) is 1. The number of nitrogens with zero attached hydrogens (tertiary/aromatic N) is 1. The number of rotatable bonds is 5. The lowest BCUT2D eigenvalue weighted by Gasteiger charge is -2.25. The van der Waals surface area contributed by atoms with E-state index < -0.39 is 0 Å². The van der Waals surface area contributed by atoms with E-state index in [0.717, 1.165) is 18.8 Å². The summed E-state index contributed by atoms with van der Waals surface area (Å²) in [6.45, 7) is 5.72. The molecule has 1 N–H and O–H groups in total. The van der Waals surface area contributed by atoms with Crippen molar-refractivity contribution >= 4 is 5.69 Å². The maximum absolute atomic E-state index is 13.0. The van der Waals surface area contributed by atoms with E-state index in [9.17, 15) is 4.39 Å². The van der Waals surface area contributed by atoms with Crippen molar-refractivity contribution in [3.05, 3.63) is 30.1 Å². The van der Waals surface area contributed by atoms with E-state index in [4.69, 9.17) is 5.11 Å². The van der Waals surface area contributed by atoms with Gasteiger partial charge in [-0.2, -0.15) is 0 Å². The molecule has 84 valence electrons. The molecule has 1 rings (SSSR count). The second-order valence-electron chi connectivity index (χ2n) is 3.81. The highest BCUT2D eigenvalue weighted by Crippen LogP contribution is 2.16. The number of aliphatic hydroxyl groups is 1. The summed E-state index contributed by atoms with van der Waals surface area (Å²) in [6.07, 6.45) is 0. The van der Waals surface area contributed by atoms with Crippen molar-refractivity contribution in [2.45, 2.75) is 13.8 Å². The molecule has 1 unspecified atom stereocenters. The molecule has 0 aromatic heterocycles. The third-order valence-electron chi connectivity index (χ3n) is 2.40. The lowest BCUT2D eigenvalue weighted by Crippen LogP contribution is -2.29. The van der Waals surface area contributed by atoms with E-state index in [1.54, 1.807) is 6.07 Å². The molecule has 0 radical (unpaired) electrons. The van der Waals surface area contributed by atoms with Crippen LogP contribution in [0.3, 0.4) is 0 Å². The predicted molar refractivity (Wildman–Crippen MR) is 60.5 cm³/mol. The molecule has 1 aromatic carbocycles. The average molecular weight is 211 g/mol. The van der Waals surface area contributed by atoms with Gasteiger partial charge < -0.3 is 10.0 Å². The molecular formula is C12H18FNO. The zero-order valence-corrected chi connectivity index (χ0v) is 9.28. The Morgan fingerprint density at radius 2 is 2.20 bits per heavy atom. The largest absolute Gasteiger partial charge is 0.396 e. The number of anilines is 1. The molecule has 3 heteroatoms. The SMILES string of the molecule is CCN(CC(C)CO)c1cccc(F)c1. The van der Waals surface area contributed by atoms with Gasteiger partial charge in [-0.05, 0) is 31.0 Å². The molecule has 0 fully saturated rings. The van der Waals surface area contributed by atoms with E-state index in [0.29, 0.717) is 0 Å². The van der Waals surface area contributed by atoms with Gasteiger partial charge in [0.25, 0.3) is 0 Å². The van der Waals surface area contributed by atoms with Crippen LogP contribution in [0.5, 0.6) is 0 Å². The van der Waals surface area contributed by atoms with Gasteiger partial charge >= 0.3 is 0 Å². The summed E-state index contributed by atoms with van der Waals surface area (Å²) in [4.78, 5) is 2.06. The quantitative estimate of drug-likeness (QED) is 0.807. The Balaban J connectivity index is 2.73. The molecule has 2 nitrogen and oxygen atoms in total. The first-order valence-corrected chi connectivity index (χ1v) is 5.28. The maximum atomic E-state index is 13.0. The van der Waals surface area contributed by atoms with Crippen LogP contribution in [-0.4, -0.2) is 24.8 Å². The summed E-state index contributed by atoms with van der Waals surface area (Å²) in [5.41, 5.74) is 0.873. The van der Waals surface area contributed by atoms with E-state index in [-0.39, 0.29) is 18.3 Å². The van der Waals surface area contributed by atoms with Gasteiger partial charge in [-0.3, -0.25) is 0 Å². The van der Waals surface area contributed by atoms with Crippen molar-refractivity contribution in [3.63, 3.8) is 0 Å². The second kappa shape index (κ2) is 5.71. The van der Waals surface area contributed by atoms with Crippen molar-refractivity contribution < 1.29 is 9.50 Å². The number of benzene rings is 1. The molecular weight excluding hydrogens is 193 g/mol. The van der Waals surface area contributed by atoms with Crippen molar-refractivity contribution in [2.75, 3.05) is 24.6 Å². The number of halogens is 1. The molecule has 0 amide bonds. The third-order valence-corrected chi connectivity index (χ3v) is 2.40. The number of hydrogen-bond acceptors (Lipinski definition) is 2. The minimum Gasteiger partial charge on any atom is -0.396 e. The monoisotopic (exact) mass is 211 g/mol. The fourth-order valence-electron chi connectivity index (χ4n) is 1.52. The van der Waals surface area contributed by atoms with Crippen LogP contribution in [-0.2, 0) is 0 Å². The second-order valence-corrected chi connectivity index (χ2v) is 3.81. The molecule has 1 atom stereocenters. The highest BCUT2D eigenvalue weighted by molar-refractivity contribution is 5.46. The zero-order chi connectivity index (χ0) is 11.3. The van der Waals surface area contributed by atoms with Gasteiger partial charge in [0.2, 0.25) is 0 Å². The van der Waals surface area contributed by atoms with Crippen LogP contribution in [0, 0.1) is 11.7 Å². The van der Waals surface area contributed by atoms with Crippen LogP contribution in [0.1, 0.15) is 13.8 Å². The average Bonchev–Trinajstić information content (AvgIpc) is 2.25. The normalized spacial score (nSPS) is 12.5. The molecule has 0 saturated heterocycles. The van der Waals surface area contributed by atoms with Gasteiger partial charge in [0.15, 0.2) is 0 Å².